The second-order valence-electron chi connectivity index (χ2n) is 6.42. The molecule has 0 aliphatic rings. The first kappa shape index (κ1) is 20.5. The lowest BCUT2D eigenvalue weighted by Crippen LogP contribution is -2.50. The highest BCUT2D eigenvalue weighted by molar-refractivity contribution is 5.98. The van der Waals surface area contributed by atoms with Gasteiger partial charge in [-0.15, -0.1) is 0 Å². The van der Waals surface area contributed by atoms with E-state index in [1.165, 1.54) is 6.07 Å². The van der Waals surface area contributed by atoms with Crippen LogP contribution < -0.4 is 10.6 Å². The summed E-state index contributed by atoms with van der Waals surface area (Å²) in [6, 6.07) is 8.31. The average molecular weight is 378 g/mol. The molecule has 0 spiro atoms. The molecule has 0 heterocycles. The lowest BCUT2D eigenvalue weighted by Gasteiger charge is -2.22. The lowest BCUT2D eigenvalue weighted by molar-refractivity contribution is -0.123. The molecule has 0 bridgehead atoms. The van der Waals surface area contributed by atoms with Gasteiger partial charge in [0.05, 0.1) is 0 Å². The molecule has 2 N–H and O–H groups in total. The maximum Gasteiger partial charge on any atom is 0.257 e. The van der Waals surface area contributed by atoms with Crippen LogP contribution in [0, 0.1) is 23.4 Å². The third-order valence-electron chi connectivity index (χ3n) is 4.08. The minimum absolute atomic E-state index is 0.160. The van der Waals surface area contributed by atoms with E-state index in [1.807, 2.05) is 0 Å². The predicted octanol–water partition coefficient (Wildman–Crippen LogP) is 3.22. The van der Waals surface area contributed by atoms with Gasteiger partial charge in [-0.25, -0.2) is 13.2 Å². The van der Waals surface area contributed by atoms with Crippen LogP contribution >= 0.6 is 0 Å². The summed E-state index contributed by atoms with van der Waals surface area (Å²) in [7, 11) is 0. The molecule has 1 unspecified atom stereocenters. The van der Waals surface area contributed by atoms with Crippen LogP contribution in [0.4, 0.5) is 13.2 Å². The van der Waals surface area contributed by atoms with Crippen molar-refractivity contribution >= 4 is 11.8 Å². The van der Waals surface area contributed by atoms with Crippen molar-refractivity contribution in [2.75, 3.05) is 6.54 Å². The van der Waals surface area contributed by atoms with Crippen LogP contribution in [0.5, 0.6) is 0 Å². The van der Waals surface area contributed by atoms with Crippen LogP contribution in [0.25, 0.3) is 0 Å². The van der Waals surface area contributed by atoms with Crippen molar-refractivity contribution in [3.63, 3.8) is 0 Å². The summed E-state index contributed by atoms with van der Waals surface area (Å²) in [5.74, 6) is -4.21. The summed E-state index contributed by atoms with van der Waals surface area (Å²) >= 11 is 0. The molecule has 0 saturated carbocycles. The van der Waals surface area contributed by atoms with Crippen molar-refractivity contribution in [1.29, 1.82) is 0 Å². The Balaban J connectivity index is 2.00. The van der Waals surface area contributed by atoms with E-state index < -0.39 is 35.1 Å². The molecule has 7 heteroatoms. The maximum atomic E-state index is 13.7. The number of rotatable bonds is 7. The van der Waals surface area contributed by atoms with E-state index in [0.29, 0.717) is 5.56 Å². The summed E-state index contributed by atoms with van der Waals surface area (Å²) in [4.78, 5) is 24.6. The molecular weight excluding hydrogens is 357 g/mol. The third kappa shape index (κ3) is 5.32. The minimum atomic E-state index is -1.01. The average Bonchev–Trinajstić information content (AvgIpc) is 2.60. The van der Waals surface area contributed by atoms with Gasteiger partial charge in [-0.3, -0.25) is 9.59 Å². The fourth-order valence-electron chi connectivity index (χ4n) is 2.59. The molecule has 2 aromatic rings. The van der Waals surface area contributed by atoms with E-state index in [2.05, 4.69) is 10.6 Å². The van der Waals surface area contributed by atoms with Crippen LogP contribution in [0.2, 0.25) is 0 Å². The fraction of sp³-hybridized carbons (Fsp3) is 0.300. The number of carbonyl (C=O) groups excluding carboxylic acids is 2. The Hall–Kier alpha value is -2.83. The first-order chi connectivity index (χ1) is 12.8. The Labute approximate surface area is 155 Å². The first-order valence-electron chi connectivity index (χ1n) is 8.57. The molecular formula is C20H21F3N2O2. The summed E-state index contributed by atoms with van der Waals surface area (Å²) in [6.45, 7) is 3.55. The molecule has 2 rings (SSSR count). The Morgan fingerprint density at radius 1 is 0.926 bits per heavy atom. The highest BCUT2D eigenvalue weighted by Crippen LogP contribution is 2.13. The van der Waals surface area contributed by atoms with Crippen molar-refractivity contribution in [2.24, 2.45) is 5.92 Å². The molecule has 0 fully saturated rings. The summed E-state index contributed by atoms with van der Waals surface area (Å²) in [5, 5.41) is 4.99. The number of carbonyl (C=O) groups is 2. The lowest BCUT2D eigenvalue weighted by atomic mass is 10.0. The van der Waals surface area contributed by atoms with E-state index in [0.717, 1.165) is 18.2 Å². The molecule has 1 atom stereocenters. The second kappa shape index (κ2) is 9.21. The molecule has 0 aromatic heterocycles. The molecule has 144 valence electrons. The molecule has 2 amide bonds. The van der Waals surface area contributed by atoms with Crippen molar-refractivity contribution < 1.29 is 22.8 Å². The monoisotopic (exact) mass is 378 g/mol. The van der Waals surface area contributed by atoms with Crippen LogP contribution in [-0.4, -0.2) is 24.4 Å². The Bertz CT molecular complexity index is 804. The Kier molecular flexibility index (Phi) is 6.98. The van der Waals surface area contributed by atoms with Crippen molar-refractivity contribution in [2.45, 2.75) is 26.3 Å². The van der Waals surface area contributed by atoms with Gasteiger partial charge in [-0.05, 0) is 36.1 Å². The zero-order chi connectivity index (χ0) is 20.0. The molecule has 2 aromatic carbocycles. The topological polar surface area (TPSA) is 58.2 Å². The predicted molar refractivity (Wildman–Crippen MR) is 95.6 cm³/mol. The van der Waals surface area contributed by atoms with Crippen LogP contribution in [-0.2, 0) is 11.2 Å². The number of hydrogen-bond donors (Lipinski definition) is 2. The largest absolute Gasteiger partial charge is 0.354 e. The second-order valence-corrected chi connectivity index (χ2v) is 6.42. The number of hydrogen-bond acceptors (Lipinski definition) is 2. The van der Waals surface area contributed by atoms with Crippen LogP contribution in [0.15, 0.2) is 42.5 Å². The van der Waals surface area contributed by atoms with E-state index in [-0.39, 0.29) is 24.7 Å². The van der Waals surface area contributed by atoms with Gasteiger partial charge >= 0.3 is 0 Å². The molecule has 0 saturated heterocycles. The van der Waals surface area contributed by atoms with E-state index in [9.17, 15) is 22.8 Å². The van der Waals surface area contributed by atoms with Gasteiger partial charge in [-0.2, -0.15) is 0 Å². The van der Waals surface area contributed by atoms with Crippen molar-refractivity contribution in [3.8, 4) is 0 Å². The zero-order valence-electron chi connectivity index (χ0n) is 15.1. The Morgan fingerprint density at radius 3 is 2.11 bits per heavy atom. The molecule has 0 aliphatic carbocycles. The van der Waals surface area contributed by atoms with Gasteiger partial charge < -0.3 is 10.6 Å². The highest BCUT2D eigenvalue weighted by atomic mass is 19.1. The number of benzene rings is 2. The summed E-state index contributed by atoms with van der Waals surface area (Å²) < 4.78 is 41.1. The number of amides is 2. The fourth-order valence-corrected chi connectivity index (χ4v) is 2.59. The summed E-state index contributed by atoms with van der Waals surface area (Å²) in [6.07, 6.45) is 0.277. The van der Waals surface area contributed by atoms with Gasteiger partial charge in [0.1, 0.15) is 29.1 Å². The van der Waals surface area contributed by atoms with Crippen molar-refractivity contribution in [3.05, 3.63) is 71.0 Å². The summed E-state index contributed by atoms with van der Waals surface area (Å²) in [5.41, 5.74) is -0.279. The minimum Gasteiger partial charge on any atom is -0.354 e. The van der Waals surface area contributed by atoms with Gasteiger partial charge in [0.15, 0.2) is 0 Å². The standard InChI is InChI=1S/C20H21F3N2O2/c1-12(2)18(25-19(26)17-15(22)8-5-9-16(17)23)20(27)24-11-10-13-6-3-4-7-14(13)21/h3-9,12,18H,10-11H2,1-2H3,(H,24,27)(H,25,26). The highest BCUT2D eigenvalue weighted by Gasteiger charge is 2.27. The van der Waals surface area contributed by atoms with Gasteiger partial charge in [0.25, 0.3) is 5.91 Å². The van der Waals surface area contributed by atoms with Gasteiger partial charge in [-0.1, -0.05) is 38.1 Å². The Morgan fingerprint density at radius 2 is 1.52 bits per heavy atom. The van der Waals surface area contributed by atoms with Crippen molar-refractivity contribution in [1.82, 2.24) is 10.6 Å². The van der Waals surface area contributed by atoms with E-state index in [1.54, 1.807) is 32.0 Å². The molecule has 4 nitrogen and oxygen atoms in total. The van der Waals surface area contributed by atoms with E-state index >= 15 is 0 Å². The third-order valence-corrected chi connectivity index (χ3v) is 4.08. The van der Waals surface area contributed by atoms with Crippen LogP contribution in [0.1, 0.15) is 29.8 Å². The number of nitrogens with one attached hydrogen (secondary N) is 2. The SMILES string of the molecule is CC(C)C(NC(=O)c1c(F)cccc1F)C(=O)NCCc1ccccc1F. The molecule has 0 aliphatic heterocycles. The van der Waals surface area contributed by atoms with E-state index in [4.69, 9.17) is 0 Å². The van der Waals surface area contributed by atoms with Gasteiger partial charge in [0, 0.05) is 6.54 Å². The smallest absolute Gasteiger partial charge is 0.257 e. The van der Waals surface area contributed by atoms with Crippen LogP contribution in [0.3, 0.4) is 0 Å². The normalized spacial score (nSPS) is 11.9. The maximum absolute atomic E-state index is 13.7. The zero-order valence-corrected chi connectivity index (χ0v) is 15.1. The quantitative estimate of drug-likeness (QED) is 0.777. The molecule has 27 heavy (non-hydrogen) atoms. The first-order valence-corrected chi connectivity index (χ1v) is 8.57. The number of halogens is 3. The molecule has 0 radical (unpaired) electrons. The van der Waals surface area contributed by atoms with Gasteiger partial charge in [0.2, 0.25) is 5.91 Å².